The van der Waals surface area contributed by atoms with Crippen molar-refractivity contribution in [1.29, 1.82) is 0 Å². The highest BCUT2D eigenvalue weighted by Crippen LogP contribution is 2.35. The van der Waals surface area contributed by atoms with Crippen LogP contribution in [0.4, 0.5) is 8.78 Å². The summed E-state index contributed by atoms with van der Waals surface area (Å²) in [6.45, 7) is 4.15. The standard InChI is InChI=1S/C23H26F2N2OS/c1-15-7-17(13-27(11-15)12-16-3-4-16)20-9-19(26-14-29-2)10-23(20)28-22-6-5-18(24)8-21(22)25/h5-10,13,16,19,26H,3-4,11-12,14H2,1-2H3. The summed E-state index contributed by atoms with van der Waals surface area (Å²) in [6.07, 6.45) is 13.1. The van der Waals surface area contributed by atoms with Crippen molar-refractivity contribution in [3.63, 3.8) is 0 Å². The second-order valence-corrected chi connectivity index (χ2v) is 8.76. The average Bonchev–Trinajstić information content (AvgIpc) is 3.39. The molecule has 0 saturated heterocycles. The van der Waals surface area contributed by atoms with E-state index in [0.29, 0.717) is 5.76 Å². The molecule has 154 valence electrons. The molecule has 3 nitrogen and oxygen atoms in total. The number of benzene rings is 1. The maximum Gasteiger partial charge on any atom is 0.168 e. The average molecular weight is 417 g/mol. The summed E-state index contributed by atoms with van der Waals surface area (Å²) >= 11 is 1.70. The molecule has 1 N–H and O–H groups in total. The third kappa shape index (κ3) is 5.11. The first-order valence-corrected chi connectivity index (χ1v) is 11.3. The van der Waals surface area contributed by atoms with E-state index in [-0.39, 0.29) is 11.8 Å². The minimum atomic E-state index is -0.703. The number of hydrogen-bond donors (Lipinski definition) is 1. The van der Waals surface area contributed by atoms with E-state index in [9.17, 15) is 8.78 Å². The molecule has 0 bridgehead atoms. The summed E-state index contributed by atoms with van der Waals surface area (Å²) in [6, 6.07) is 3.40. The first kappa shape index (κ1) is 20.2. The molecule has 1 heterocycles. The van der Waals surface area contributed by atoms with Gasteiger partial charge in [-0.2, -0.15) is 0 Å². The minimum Gasteiger partial charge on any atom is -0.454 e. The number of rotatable bonds is 8. The summed E-state index contributed by atoms with van der Waals surface area (Å²) in [5.74, 6) is 0.899. The van der Waals surface area contributed by atoms with Gasteiger partial charge in [0.2, 0.25) is 0 Å². The van der Waals surface area contributed by atoms with E-state index in [1.807, 2.05) is 12.3 Å². The van der Waals surface area contributed by atoms with Gasteiger partial charge < -0.3 is 9.64 Å². The molecule has 29 heavy (non-hydrogen) atoms. The zero-order valence-electron chi connectivity index (χ0n) is 16.8. The van der Waals surface area contributed by atoms with Crippen LogP contribution in [0.15, 0.2) is 65.1 Å². The zero-order valence-corrected chi connectivity index (χ0v) is 17.6. The molecule has 4 rings (SSSR count). The van der Waals surface area contributed by atoms with Gasteiger partial charge in [0.1, 0.15) is 11.6 Å². The molecule has 1 fully saturated rings. The van der Waals surface area contributed by atoms with Gasteiger partial charge in [-0.25, -0.2) is 8.78 Å². The summed E-state index contributed by atoms with van der Waals surface area (Å²) in [4.78, 5) is 2.36. The molecule has 1 aromatic rings. The predicted molar refractivity (Wildman–Crippen MR) is 115 cm³/mol. The molecule has 2 aliphatic carbocycles. The molecular formula is C23H26F2N2OS. The highest BCUT2D eigenvalue weighted by atomic mass is 32.2. The summed E-state index contributed by atoms with van der Waals surface area (Å²) in [5, 5.41) is 3.42. The van der Waals surface area contributed by atoms with Crippen molar-refractivity contribution in [2.45, 2.75) is 25.8 Å². The van der Waals surface area contributed by atoms with E-state index in [1.165, 1.54) is 30.5 Å². The Hall–Kier alpha value is -2.05. The van der Waals surface area contributed by atoms with Gasteiger partial charge in [0, 0.05) is 48.4 Å². The molecule has 1 atom stereocenters. The van der Waals surface area contributed by atoms with E-state index in [1.54, 1.807) is 11.8 Å². The predicted octanol–water partition coefficient (Wildman–Crippen LogP) is 5.00. The van der Waals surface area contributed by atoms with E-state index < -0.39 is 11.6 Å². The first-order valence-electron chi connectivity index (χ1n) is 9.94. The molecule has 0 radical (unpaired) electrons. The van der Waals surface area contributed by atoms with Gasteiger partial charge in [-0.05, 0) is 50.1 Å². The van der Waals surface area contributed by atoms with Gasteiger partial charge in [-0.15, -0.1) is 11.8 Å². The van der Waals surface area contributed by atoms with Gasteiger partial charge in [-0.1, -0.05) is 17.7 Å². The topological polar surface area (TPSA) is 24.5 Å². The Labute approximate surface area is 175 Å². The SMILES string of the molecule is CSCNC1C=C(Oc2ccc(F)cc2F)C(C2=CN(CC3CC3)CC(C)=C2)=C1. The third-order valence-electron chi connectivity index (χ3n) is 5.20. The quantitative estimate of drug-likeness (QED) is 0.603. The molecule has 0 spiro atoms. The lowest BCUT2D eigenvalue weighted by atomic mass is 10.0. The van der Waals surface area contributed by atoms with Crippen molar-refractivity contribution in [2.75, 3.05) is 25.2 Å². The summed E-state index contributed by atoms with van der Waals surface area (Å²) in [5.41, 5.74) is 3.29. The lowest BCUT2D eigenvalue weighted by Crippen LogP contribution is -2.25. The van der Waals surface area contributed by atoms with Crippen LogP contribution in [0.1, 0.15) is 19.8 Å². The van der Waals surface area contributed by atoms with Crippen LogP contribution in [-0.4, -0.2) is 36.2 Å². The number of nitrogens with zero attached hydrogens (tertiary/aromatic N) is 1. The van der Waals surface area contributed by atoms with Crippen LogP contribution in [-0.2, 0) is 0 Å². The molecule has 1 aromatic carbocycles. The Morgan fingerprint density at radius 3 is 2.79 bits per heavy atom. The number of thioether (sulfide) groups is 1. The fourth-order valence-corrected chi connectivity index (χ4v) is 4.03. The van der Waals surface area contributed by atoms with Crippen molar-refractivity contribution < 1.29 is 13.5 Å². The normalized spacial score (nSPS) is 21.5. The largest absolute Gasteiger partial charge is 0.454 e. The summed E-state index contributed by atoms with van der Waals surface area (Å²) in [7, 11) is 0. The Balaban J connectivity index is 1.61. The number of allylic oxidation sites excluding steroid dienone is 2. The van der Waals surface area contributed by atoms with Gasteiger partial charge in [-0.3, -0.25) is 5.32 Å². The minimum absolute atomic E-state index is 0.00405. The highest BCUT2D eigenvalue weighted by molar-refractivity contribution is 7.98. The smallest absolute Gasteiger partial charge is 0.168 e. The maximum absolute atomic E-state index is 14.2. The molecule has 1 aliphatic heterocycles. The van der Waals surface area contributed by atoms with Gasteiger partial charge in [0.05, 0.1) is 0 Å². The Morgan fingerprint density at radius 2 is 2.07 bits per heavy atom. The van der Waals surface area contributed by atoms with E-state index in [2.05, 4.69) is 35.5 Å². The van der Waals surface area contributed by atoms with Crippen molar-refractivity contribution in [3.8, 4) is 5.75 Å². The zero-order chi connectivity index (χ0) is 20.4. The van der Waals surface area contributed by atoms with Crippen LogP contribution in [0.2, 0.25) is 0 Å². The van der Waals surface area contributed by atoms with E-state index >= 15 is 0 Å². The van der Waals surface area contributed by atoms with Crippen LogP contribution in [0.3, 0.4) is 0 Å². The Morgan fingerprint density at radius 1 is 1.24 bits per heavy atom. The molecule has 1 saturated carbocycles. The van der Waals surface area contributed by atoms with Gasteiger partial charge >= 0.3 is 0 Å². The van der Waals surface area contributed by atoms with Gasteiger partial charge in [0.25, 0.3) is 0 Å². The molecule has 1 unspecified atom stereocenters. The number of ether oxygens (including phenoxy) is 1. The fourth-order valence-electron chi connectivity index (χ4n) is 3.67. The lowest BCUT2D eigenvalue weighted by Gasteiger charge is -2.27. The van der Waals surface area contributed by atoms with Crippen LogP contribution in [0.25, 0.3) is 0 Å². The number of halogens is 2. The second-order valence-electron chi connectivity index (χ2n) is 7.90. The van der Waals surface area contributed by atoms with Crippen molar-refractivity contribution in [1.82, 2.24) is 10.2 Å². The molecule has 0 amide bonds. The maximum atomic E-state index is 14.2. The number of nitrogens with one attached hydrogen (secondary N) is 1. The molecular weight excluding hydrogens is 390 g/mol. The third-order valence-corrected chi connectivity index (χ3v) is 5.65. The molecule has 6 heteroatoms. The van der Waals surface area contributed by atoms with E-state index in [4.69, 9.17) is 4.74 Å². The van der Waals surface area contributed by atoms with Crippen molar-refractivity contribution in [3.05, 3.63) is 76.7 Å². The van der Waals surface area contributed by atoms with E-state index in [0.717, 1.165) is 42.1 Å². The van der Waals surface area contributed by atoms with Crippen LogP contribution in [0, 0.1) is 17.6 Å². The Kier molecular flexibility index (Phi) is 6.11. The monoisotopic (exact) mass is 416 g/mol. The van der Waals surface area contributed by atoms with Crippen LogP contribution in [0.5, 0.6) is 5.75 Å². The van der Waals surface area contributed by atoms with Crippen molar-refractivity contribution >= 4 is 11.8 Å². The van der Waals surface area contributed by atoms with Crippen molar-refractivity contribution in [2.24, 2.45) is 5.92 Å². The summed E-state index contributed by atoms with van der Waals surface area (Å²) < 4.78 is 33.4. The van der Waals surface area contributed by atoms with Gasteiger partial charge in [0.15, 0.2) is 11.6 Å². The van der Waals surface area contributed by atoms with Crippen LogP contribution >= 0.6 is 11.8 Å². The lowest BCUT2D eigenvalue weighted by molar-refractivity contribution is 0.378. The fraction of sp³-hybridized carbons (Fsp3) is 0.391. The molecule has 3 aliphatic rings. The first-order chi connectivity index (χ1) is 14.0. The van der Waals surface area contributed by atoms with Crippen LogP contribution < -0.4 is 10.1 Å². The second kappa shape index (κ2) is 8.76. The molecule has 0 aromatic heterocycles. The Bertz CT molecular complexity index is 902. The number of hydrogen-bond acceptors (Lipinski definition) is 4. The highest BCUT2D eigenvalue weighted by Gasteiger charge is 2.27.